The van der Waals surface area contributed by atoms with Crippen molar-refractivity contribution in [2.75, 3.05) is 0 Å². The zero-order valence-corrected chi connectivity index (χ0v) is 9.16. The van der Waals surface area contributed by atoms with Gasteiger partial charge < -0.3 is 9.47 Å². The van der Waals surface area contributed by atoms with Gasteiger partial charge in [-0.3, -0.25) is 0 Å². The summed E-state index contributed by atoms with van der Waals surface area (Å²) < 4.78 is 11.1. The van der Waals surface area contributed by atoms with Crippen LogP contribution in [0.2, 0.25) is 0 Å². The highest BCUT2D eigenvalue weighted by atomic mass is 16.6. The normalized spacial score (nSPS) is 48.4. The van der Waals surface area contributed by atoms with Gasteiger partial charge in [0.2, 0.25) is 0 Å². The molecule has 80 valence electrons. The van der Waals surface area contributed by atoms with E-state index < -0.39 is 0 Å². The van der Waals surface area contributed by atoms with Crippen molar-refractivity contribution in [2.45, 2.75) is 69.9 Å². The van der Waals surface area contributed by atoms with Gasteiger partial charge in [-0.15, -0.1) is 0 Å². The van der Waals surface area contributed by atoms with Crippen molar-refractivity contribution in [3.8, 4) is 0 Å². The van der Waals surface area contributed by atoms with E-state index in [4.69, 9.17) is 9.47 Å². The lowest BCUT2D eigenvalue weighted by Gasteiger charge is -2.18. The molecule has 0 aromatic carbocycles. The number of fused-ring (bicyclic) bond motifs is 1. The third kappa shape index (κ3) is 1.70. The Bertz CT molecular complexity index is 236. The molecule has 0 spiro atoms. The number of hydrogen-bond donors (Lipinski definition) is 0. The Morgan fingerprint density at radius 2 is 1.93 bits per heavy atom. The van der Waals surface area contributed by atoms with E-state index in [-0.39, 0.29) is 5.60 Å². The Hall–Kier alpha value is -0.0800. The van der Waals surface area contributed by atoms with Gasteiger partial charge in [-0.25, -0.2) is 0 Å². The quantitative estimate of drug-likeness (QED) is 0.648. The lowest BCUT2D eigenvalue weighted by Crippen LogP contribution is -2.14. The van der Waals surface area contributed by atoms with E-state index in [2.05, 4.69) is 13.8 Å². The van der Waals surface area contributed by atoms with E-state index in [1.165, 1.54) is 32.1 Å². The van der Waals surface area contributed by atoms with Crippen molar-refractivity contribution in [1.82, 2.24) is 0 Å². The van der Waals surface area contributed by atoms with Crippen LogP contribution in [0.25, 0.3) is 0 Å². The molecule has 2 heterocycles. The zero-order valence-electron chi connectivity index (χ0n) is 9.16. The highest BCUT2D eigenvalue weighted by Gasteiger charge is 2.48. The second-order valence-corrected chi connectivity index (χ2v) is 5.68. The third-order valence-electron chi connectivity index (χ3n) is 4.11. The molecule has 3 fully saturated rings. The minimum absolute atomic E-state index is 0.188. The zero-order chi connectivity index (χ0) is 9.76. The highest BCUT2D eigenvalue weighted by molar-refractivity contribution is 4.96. The largest absolute Gasteiger partial charge is 0.370 e. The molecular weight excluding hydrogens is 176 g/mol. The fourth-order valence-corrected chi connectivity index (χ4v) is 2.88. The lowest BCUT2D eigenvalue weighted by atomic mass is 9.85. The summed E-state index contributed by atoms with van der Waals surface area (Å²) in [4.78, 5) is 0. The minimum atomic E-state index is 0.188. The standard InChI is InChI=1S/C12H20O2/c1-12(2)11(14-12)6-4-8-3-5-9-10(7-8)13-9/h8-11H,3-7H2,1-2H3. The first-order valence-electron chi connectivity index (χ1n) is 5.98. The summed E-state index contributed by atoms with van der Waals surface area (Å²) in [5.41, 5.74) is 0.188. The summed E-state index contributed by atoms with van der Waals surface area (Å²) in [7, 11) is 0. The molecule has 0 radical (unpaired) electrons. The van der Waals surface area contributed by atoms with Gasteiger partial charge in [-0.2, -0.15) is 0 Å². The first-order valence-corrected chi connectivity index (χ1v) is 5.98. The van der Waals surface area contributed by atoms with Crippen LogP contribution in [0.15, 0.2) is 0 Å². The van der Waals surface area contributed by atoms with Crippen LogP contribution in [0.5, 0.6) is 0 Å². The third-order valence-corrected chi connectivity index (χ3v) is 4.11. The average Bonchev–Trinajstić information content (AvgIpc) is 2.98. The van der Waals surface area contributed by atoms with Crippen LogP contribution < -0.4 is 0 Å². The second-order valence-electron chi connectivity index (χ2n) is 5.68. The maximum Gasteiger partial charge on any atom is 0.0892 e. The molecule has 0 N–H and O–H groups in total. The first kappa shape index (κ1) is 9.17. The van der Waals surface area contributed by atoms with Crippen LogP contribution in [0.3, 0.4) is 0 Å². The molecule has 0 aromatic heterocycles. The van der Waals surface area contributed by atoms with Crippen LogP contribution in [-0.2, 0) is 9.47 Å². The summed E-state index contributed by atoms with van der Waals surface area (Å²) in [6, 6.07) is 0. The topological polar surface area (TPSA) is 25.1 Å². The minimum Gasteiger partial charge on any atom is -0.370 e. The molecule has 2 saturated heterocycles. The van der Waals surface area contributed by atoms with E-state index in [1.54, 1.807) is 0 Å². The van der Waals surface area contributed by atoms with Gasteiger partial charge in [0.05, 0.1) is 23.9 Å². The summed E-state index contributed by atoms with van der Waals surface area (Å²) in [6.07, 6.45) is 8.45. The Morgan fingerprint density at radius 3 is 2.57 bits per heavy atom. The van der Waals surface area contributed by atoms with Crippen molar-refractivity contribution in [3.63, 3.8) is 0 Å². The van der Waals surface area contributed by atoms with Crippen LogP contribution in [-0.4, -0.2) is 23.9 Å². The SMILES string of the molecule is CC1(C)OC1CCC1CCC2OC2C1. The number of ether oxygens (including phenoxy) is 2. The maximum atomic E-state index is 5.60. The van der Waals surface area contributed by atoms with Gasteiger partial charge in [0.1, 0.15) is 0 Å². The molecule has 0 amide bonds. The molecule has 0 aromatic rings. The molecule has 0 bridgehead atoms. The van der Waals surface area contributed by atoms with Gasteiger partial charge in [-0.05, 0) is 51.9 Å². The molecule has 2 heteroatoms. The Kier molecular flexibility index (Phi) is 1.94. The molecule has 14 heavy (non-hydrogen) atoms. The number of epoxide rings is 2. The first-order chi connectivity index (χ1) is 6.65. The van der Waals surface area contributed by atoms with Crippen LogP contribution >= 0.6 is 0 Å². The number of rotatable bonds is 3. The molecule has 2 aliphatic heterocycles. The van der Waals surface area contributed by atoms with Gasteiger partial charge in [-0.1, -0.05) is 0 Å². The second kappa shape index (κ2) is 2.96. The predicted octanol–water partition coefficient (Wildman–Crippen LogP) is 2.51. The van der Waals surface area contributed by atoms with Crippen molar-refractivity contribution < 1.29 is 9.47 Å². The fourth-order valence-electron chi connectivity index (χ4n) is 2.88. The van der Waals surface area contributed by atoms with Gasteiger partial charge >= 0.3 is 0 Å². The maximum absolute atomic E-state index is 5.60. The molecule has 4 unspecified atom stereocenters. The Labute approximate surface area is 86.0 Å². The summed E-state index contributed by atoms with van der Waals surface area (Å²) in [5.74, 6) is 0.916. The van der Waals surface area contributed by atoms with E-state index in [1.807, 2.05) is 0 Å². The summed E-state index contributed by atoms with van der Waals surface area (Å²) in [5, 5.41) is 0. The smallest absolute Gasteiger partial charge is 0.0892 e. The molecular formula is C12H20O2. The fraction of sp³-hybridized carbons (Fsp3) is 1.00. The van der Waals surface area contributed by atoms with Crippen molar-refractivity contribution >= 4 is 0 Å². The molecule has 3 aliphatic rings. The van der Waals surface area contributed by atoms with Gasteiger partial charge in [0, 0.05) is 0 Å². The van der Waals surface area contributed by atoms with E-state index >= 15 is 0 Å². The molecule has 1 aliphatic carbocycles. The molecule has 1 saturated carbocycles. The average molecular weight is 196 g/mol. The van der Waals surface area contributed by atoms with E-state index in [9.17, 15) is 0 Å². The van der Waals surface area contributed by atoms with E-state index in [0.717, 1.165) is 5.92 Å². The van der Waals surface area contributed by atoms with Crippen LogP contribution in [0.1, 0.15) is 46.0 Å². The van der Waals surface area contributed by atoms with Crippen molar-refractivity contribution in [3.05, 3.63) is 0 Å². The van der Waals surface area contributed by atoms with Crippen molar-refractivity contribution in [2.24, 2.45) is 5.92 Å². The molecule has 3 rings (SSSR count). The van der Waals surface area contributed by atoms with Gasteiger partial charge in [0.15, 0.2) is 0 Å². The lowest BCUT2D eigenvalue weighted by molar-refractivity contribution is 0.300. The monoisotopic (exact) mass is 196 g/mol. The molecule has 2 nitrogen and oxygen atoms in total. The van der Waals surface area contributed by atoms with Crippen LogP contribution in [0.4, 0.5) is 0 Å². The van der Waals surface area contributed by atoms with Gasteiger partial charge in [0.25, 0.3) is 0 Å². The van der Waals surface area contributed by atoms with Crippen molar-refractivity contribution in [1.29, 1.82) is 0 Å². The van der Waals surface area contributed by atoms with Crippen LogP contribution in [0, 0.1) is 5.92 Å². The predicted molar refractivity (Wildman–Crippen MR) is 54.2 cm³/mol. The molecule has 4 atom stereocenters. The Balaban J connectivity index is 1.40. The Morgan fingerprint density at radius 1 is 1.14 bits per heavy atom. The number of hydrogen-bond acceptors (Lipinski definition) is 2. The summed E-state index contributed by atoms with van der Waals surface area (Å²) >= 11 is 0. The highest BCUT2D eigenvalue weighted by Crippen LogP contribution is 2.44. The van der Waals surface area contributed by atoms with E-state index in [0.29, 0.717) is 18.3 Å². The summed E-state index contributed by atoms with van der Waals surface area (Å²) in [6.45, 7) is 4.39.